The summed E-state index contributed by atoms with van der Waals surface area (Å²) >= 11 is 7.29. The molecule has 0 radical (unpaired) electrons. The third-order valence-corrected chi connectivity index (χ3v) is 2.83. The molecule has 1 aromatic rings. The molecule has 1 rings (SSSR count). The van der Waals surface area contributed by atoms with Crippen molar-refractivity contribution in [2.24, 2.45) is 5.16 Å². The van der Waals surface area contributed by atoms with Gasteiger partial charge >= 0.3 is 0 Å². The Hall–Kier alpha value is -0.840. The van der Waals surface area contributed by atoms with Gasteiger partial charge in [-0.3, -0.25) is 0 Å². The second-order valence-corrected chi connectivity index (χ2v) is 4.47. The Kier molecular flexibility index (Phi) is 5.39. The molecule has 0 aliphatic rings. The summed E-state index contributed by atoms with van der Waals surface area (Å²) in [5, 5.41) is 3.32. The molecule has 82 valence electrons. The first-order chi connectivity index (χ1) is 7.26. The lowest BCUT2D eigenvalue weighted by atomic mass is 10.5. The summed E-state index contributed by atoms with van der Waals surface area (Å²) < 4.78 is 6.18. The fraction of sp³-hybridized carbons (Fsp3) is 0.300. The molecule has 0 aliphatic carbocycles. The predicted molar refractivity (Wildman–Crippen MR) is 63.4 cm³/mol. The molecule has 0 amide bonds. The molecule has 0 aromatic carbocycles. The fourth-order valence-electron chi connectivity index (χ4n) is 0.927. The fourth-order valence-corrected chi connectivity index (χ4v) is 1.95. The van der Waals surface area contributed by atoms with Gasteiger partial charge in [0, 0.05) is 11.6 Å². The molecular weight excluding hydrogens is 234 g/mol. The zero-order chi connectivity index (χ0) is 11.1. The maximum Gasteiger partial charge on any atom is 0.156 e. The van der Waals surface area contributed by atoms with E-state index >= 15 is 0 Å². The second kappa shape index (κ2) is 6.61. The lowest BCUT2D eigenvalue weighted by Crippen LogP contribution is -1.98. The summed E-state index contributed by atoms with van der Waals surface area (Å²) in [7, 11) is 0. The number of hydrogen-bond acceptors (Lipinski definition) is 4. The minimum atomic E-state index is 0.380. The van der Waals surface area contributed by atoms with E-state index < -0.39 is 0 Å². The lowest BCUT2D eigenvalue weighted by Gasteiger charge is -2.04. The molecule has 0 bridgehead atoms. The van der Waals surface area contributed by atoms with E-state index in [0.717, 1.165) is 9.21 Å². The molecule has 3 nitrogen and oxygen atoms in total. The molecule has 0 spiro atoms. The molecule has 0 saturated heterocycles. The van der Waals surface area contributed by atoms with E-state index in [9.17, 15) is 0 Å². The van der Waals surface area contributed by atoms with Gasteiger partial charge < -0.3 is 9.57 Å². The van der Waals surface area contributed by atoms with Crippen LogP contribution in [0, 0.1) is 0 Å². The average Bonchev–Trinajstić information content (AvgIpc) is 2.63. The minimum Gasteiger partial charge on any atom is -0.368 e. The molecule has 0 unspecified atom stereocenters. The van der Waals surface area contributed by atoms with Crippen molar-refractivity contribution in [3.63, 3.8) is 0 Å². The van der Waals surface area contributed by atoms with Gasteiger partial charge in [0.15, 0.2) is 5.76 Å². The van der Waals surface area contributed by atoms with Gasteiger partial charge in [0.05, 0.1) is 10.9 Å². The molecule has 0 N–H and O–H groups in total. The summed E-state index contributed by atoms with van der Waals surface area (Å²) in [6, 6.07) is 3.79. The molecule has 0 aliphatic heterocycles. The summed E-state index contributed by atoms with van der Waals surface area (Å²) in [5.41, 5.74) is 0. The molecule has 1 heterocycles. The molecule has 15 heavy (non-hydrogen) atoms. The number of oxime groups is 1. The van der Waals surface area contributed by atoms with Crippen LogP contribution in [0.5, 0.6) is 0 Å². The molecule has 1 aromatic heterocycles. The van der Waals surface area contributed by atoms with Crippen LogP contribution < -0.4 is 0 Å². The van der Waals surface area contributed by atoms with Crippen LogP contribution in [0.2, 0.25) is 4.34 Å². The maximum absolute atomic E-state index is 5.78. The zero-order valence-corrected chi connectivity index (χ0v) is 9.98. The second-order valence-electron chi connectivity index (χ2n) is 2.67. The van der Waals surface area contributed by atoms with Crippen LogP contribution in [0.4, 0.5) is 0 Å². The topological polar surface area (TPSA) is 30.8 Å². The molecule has 0 saturated carbocycles. The van der Waals surface area contributed by atoms with Crippen LogP contribution in [0.3, 0.4) is 0 Å². The van der Waals surface area contributed by atoms with Gasteiger partial charge in [-0.25, -0.2) is 0 Å². The Bertz CT molecular complexity index is 349. The quantitative estimate of drug-likeness (QED) is 0.437. The molecular formula is C10H12ClNO2S. The van der Waals surface area contributed by atoms with Crippen molar-refractivity contribution in [1.29, 1.82) is 0 Å². The number of allylic oxidation sites excluding steroid dienone is 1. The number of nitrogens with zero attached hydrogens (tertiary/aromatic N) is 1. The number of hydrogen-bond donors (Lipinski definition) is 0. The highest BCUT2D eigenvalue weighted by molar-refractivity contribution is 7.16. The van der Waals surface area contributed by atoms with Gasteiger partial charge in [-0.05, 0) is 25.1 Å². The highest BCUT2D eigenvalue weighted by Crippen LogP contribution is 2.22. The Morgan fingerprint density at radius 3 is 3.00 bits per heavy atom. The van der Waals surface area contributed by atoms with Crippen LogP contribution in [0.25, 0.3) is 0 Å². The first kappa shape index (κ1) is 12.2. The van der Waals surface area contributed by atoms with E-state index in [4.69, 9.17) is 21.2 Å². The lowest BCUT2D eigenvalue weighted by molar-refractivity contribution is 0.0925. The van der Waals surface area contributed by atoms with Crippen molar-refractivity contribution in [3.05, 3.63) is 33.2 Å². The highest BCUT2D eigenvalue weighted by atomic mass is 35.5. The summed E-state index contributed by atoms with van der Waals surface area (Å²) in [4.78, 5) is 5.95. The van der Waals surface area contributed by atoms with E-state index in [-0.39, 0.29) is 0 Å². The number of ether oxygens (including phenoxy) is 1. The van der Waals surface area contributed by atoms with E-state index in [1.165, 1.54) is 11.3 Å². The molecule has 0 atom stereocenters. The smallest absolute Gasteiger partial charge is 0.156 e. The number of rotatable bonds is 6. The Morgan fingerprint density at radius 1 is 1.67 bits per heavy atom. The van der Waals surface area contributed by atoms with Gasteiger partial charge in [-0.1, -0.05) is 16.8 Å². The zero-order valence-electron chi connectivity index (χ0n) is 8.40. The van der Waals surface area contributed by atoms with Crippen molar-refractivity contribution in [1.82, 2.24) is 0 Å². The molecule has 5 heteroatoms. The Balaban J connectivity index is 2.29. The van der Waals surface area contributed by atoms with Gasteiger partial charge in [0.25, 0.3) is 0 Å². The van der Waals surface area contributed by atoms with Crippen molar-refractivity contribution < 1.29 is 9.57 Å². The monoisotopic (exact) mass is 245 g/mol. The SMILES string of the molecule is C=NO/C(=C\C)COCc1ccc(Cl)s1. The predicted octanol–water partition coefficient (Wildman–Crippen LogP) is 3.45. The van der Waals surface area contributed by atoms with Crippen LogP contribution in [-0.2, 0) is 16.2 Å². The van der Waals surface area contributed by atoms with Gasteiger partial charge in [0.1, 0.15) is 6.61 Å². The minimum absolute atomic E-state index is 0.380. The van der Waals surface area contributed by atoms with Crippen molar-refractivity contribution in [3.8, 4) is 0 Å². The van der Waals surface area contributed by atoms with Crippen molar-refractivity contribution >= 4 is 29.7 Å². The van der Waals surface area contributed by atoms with E-state index in [2.05, 4.69) is 11.9 Å². The largest absolute Gasteiger partial charge is 0.368 e. The van der Waals surface area contributed by atoms with E-state index in [0.29, 0.717) is 19.0 Å². The maximum atomic E-state index is 5.78. The highest BCUT2D eigenvalue weighted by Gasteiger charge is 2.00. The Morgan fingerprint density at radius 2 is 2.47 bits per heavy atom. The first-order valence-corrected chi connectivity index (χ1v) is 5.56. The first-order valence-electron chi connectivity index (χ1n) is 4.36. The van der Waals surface area contributed by atoms with Crippen LogP contribution in [0.15, 0.2) is 29.1 Å². The van der Waals surface area contributed by atoms with Gasteiger partial charge in [-0.15, -0.1) is 11.3 Å². The number of halogens is 1. The third kappa shape index (κ3) is 4.46. The Labute approximate surface area is 98.0 Å². The van der Waals surface area contributed by atoms with E-state index in [1.54, 1.807) is 6.08 Å². The molecule has 0 fully saturated rings. The van der Waals surface area contributed by atoms with Gasteiger partial charge in [0.2, 0.25) is 0 Å². The normalized spacial score (nSPS) is 11.5. The summed E-state index contributed by atoms with van der Waals surface area (Å²) in [6.45, 7) is 5.99. The van der Waals surface area contributed by atoms with Crippen molar-refractivity contribution in [2.75, 3.05) is 6.61 Å². The van der Waals surface area contributed by atoms with Crippen LogP contribution in [0.1, 0.15) is 11.8 Å². The standard InChI is InChI=1S/C10H12ClNO2S/c1-3-8(14-12-2)6-13-7-9-4-5-10(11)15-9/h3-5H,2,6-7H2,1H3/b8-3-. The van der Waals surface area contributed by atoms with Crippen LogP contribution in [-0.4, -0.2) is 13.3 Å². The average molecular weight is 246 g/mol. The summed E-state index contributed by atoms with van der Waals surface area (Å²) in [5.74, 6) is 0.646. The summed E-state index contributed by atoms with van der Waals surface area (Å²) in [6.07, 6.45) is 1.79. The number of thiophene rings is 1. The van der Waals surface area contributed by atoms with E-state index in [1.807, 2.05) is 19.1 Å². The van der Waals surface area contributed by atoms with Crippen molar-refractivity contribution in [2.45, 2.75) is 13.5 Å². The van der Waals surface area contributed by atoms with Gasteiger partial charge in [-0.2, -0.15) is 0 Å². The third-order valence-electron chi connectivity index (χ3n) is 1.62. The van der Waals surface area contributed by atoms with Crippen LogP contribution >= 0.6 is 22.9 Å².